The smallest absolute Gasteiger partial charge is 0.191 e. The summed E-state index contributed by atoms with van der Waals surface area (Å²) < 4.78 is 0. The van der Waals surface area contributed by atoms with Gasteiger partial charge in [0.1, 0.15) is 5.69 Å². The number of aromatic nitrogens is 2. The highest BCUT2D eigenvalue weighted by Crippen LogP contribution is 2.30. The lowest BCUT2D eigenvalue weighted by Crippen LogP contribution is -2.22. The summed E-state index contributed by atoms with van der Waals surface area (Å²) in [5.74, 6) is 7.62. The van der Waals surface area contributed by atoms with Gasteiger partial charge < -0.3 is 16.5 Å². The molecule has 0 saturated carbocycles. The Morgan fingerprint density at radius 3 is 2.43 bits per heavy atom. The molecule has 1 aliphatic rings. The van der Waals surface area contributed by atoms with Gasteiger partial charge in [-0.25, -0.2) is 15.8 Å². The van der Waals surface area contributed by atoms with Crippen molar-refractivity contribution in [3.8, 4) is 0 Å². The van der Waals surface area contributed by atoms with Crippen molar-refractivity contribution in [1.29, 1.82) is 0 Å². The number of nitrogens with two attached hydrogens (primary N) is 2. The van der Waals surface area contributed by atoms with E-state index < -0.39 is 0 Å². The van der Waals surface area contributed by atoms with Crippen LogP contribution in [0.15, 0.2) is 29.4 Å². The molecule has 6 N–H and O–H groups in total. The molecule has 0 bridgehead atoms. The van der Waals surface area contributed by atoms with Crippen molar-refractivity contribution < 1.29 is 0 Å². The van der Waals surface area contributed by atoms with Crippen LogP contribution in [0.2, 0.25) is 0 Å². The van der Waals surface area contributed by atoms with Crippen LogP contribution in [0.25, 0.3) is 0 Å². The van der Waals surface area contributed by atoms with Crippen LogP contribution >= 0.6 is 11.8 Å². The lowest BCUT2D eigenvalue weighted by atomic mass is 10.1. The first-order valence-electron chi connectivity index (χ1n) is 7.81. The first-order valence-corrected chi connectivity index (χ1v) is 8.80. The molecule has 7 heteroatoms. The van der Waals surface area contributed by atoms with Crippen LogP contribution in [0.4, 0.5) is 17.3 Å². The summed E-state index contributed by atoms with van der Waals surface area (Å²) in [6.45, 7) is 2.13. The van der Waals surface area contributed by atoms with Crippen LogP contribution in [0, 0.1) is 0 Å². The average Bonchev–Trinajstić information content (AvgIpc) is 2.97. The minimum Gasteiger partial charge on any atom is -0.393 e. The Hall–Kier alpha value is -1.99. The number of nitrogens with one attached hydrogen (secondary N) is 2. The zero-order chi connectivity index (χ0) is 16.2. The maximum atomic E-state index is 6.14. The minimum atomic E-state index is 0.291. The second kappa shape index (κ2) is 7.06. The molecule has 0 saturated heterocycles. The number of thioether (sulfide) groups is 1. The summed E-state index contributed by atoms with van der Waals surface area (Å²) in [6, 6.07) is 8.80. The van der Waals surface area contributed by atoms with E-state index >= 15 is 0 Å². The van der Waals surface area contributed by atoms with E-state index in [-0.39, 0.29) is 0 Å². The molecule has 1 aromatic heterocycles. The third kappa shape index (κ3) is 3.51. The summed E-state index contributed by atoms with van der Waals surface area (Å²) in [6.07, 6.45) is 3.01. The molecule has 0 fully saturated rings. The lowest BCUT2D eigenvalue weighted by molar-refractivity contribution is 0.764. The fraction of sp³-hybridized carbons (Fsp3) is 0.375. The van der Waals surface area contributed by atoms with E-state index in [9.17, 15) is 0 Å². The third-order valence-electron chi connectivity index (χ3n) is 3.89. The van der Waals surface area contributed by atoms with Crippen molar-refractivity contribution in [2.45, 2.75) is 37.4 Å². The van der Waals surface area contributed by atoms with E-state index in [1.54, 1.807) is 11.8 Å². The molecule has 1 aromatic carbocycles. The molecule has 3 rings (SSSR count). The molecular formula is C16H22N6S. The Labute approximate surface area is 140 Å². The maximum absolute atomic E-state index is 6.14. The van der Waals surface area contributed by atoms with Gasteiger partial charge in [0, 0.05) is 11.8 Å². The van der Waals surface area contributed by atoms with E-state index in [2.05, 4.69) is 51.9 Å². The molecule has 1 heterocycles. The van der Waals surface area contributed by atoms with Gasteiger partial charge in [-0.1, -0.05) is 43.0 Å². The zero-order valence-electron chi connectivity index (χ0n) is 13.2. The quantitative estimate of drug-likeness (QED) is 0.279. The highest BCUT2D eigenvalue weighted by atomic mass is 32.2. The van der Waals surface area contributed by atoms with Gasteiger partial charge in [-0.2, -0.15) is 0 Å². The van der Waals surface area contributed by atoms with Gasteiger partial charge in [-0.05, 0) is 30.4 Å². The van der Waals surface area contributed by atoms with Crippen LogP contribution in [0.3, 0.4) is 0 Å². The predicted molar refractivity (Wildman–Crippen MR) is 96.5 cm³/mol. The Balaban J connectivity index is 1.79. The molecule has 0 spiro atoms. The summed E-state index contributed by atoms with van der Waals surface area (Å²) in [4.78, 5) is 8.92. The summed E-state index contributed by atoms with van der Waals surface area (Å²) in [5.41, 5.74) is 11.9. The molecule has 0 amide bonds. The van der Waals surface area contributed by atoms with Crippen LogP contribution in [-0.4, -0.2) is 21.8 Å². The third-order valence-corrected chi connectivity index (χ3v) is 4.94. The first-order chi connectivity index (χ1) is 11.2. The van der Waals surface area contributed by atoms with Crippen molar-refractivity contribution in [2.75, 3.05) is 22.2 Å². The molecule has 0 aliphatic heterocycles. The van der Waals surface area contributed by atoms with Gasteiger partial charge in [-0.15, -0.1) is 0 Å². The normalized spacial score (nSPS) is 13.8. The molecular weight excluding hydrogens is 308 g/mol. The van der Waals surface area contributed by atoms with Gasteiger partial charge in [0.25, 0.3) is 0 Å². The molecule has 23 heavy (non-hydrogen) atoms. The van der Waals surface area contributed by atoms with Gasteiger partial charge >= 0.3 is 0 Å². The van der Waals surface area contributed by atoms with Crippen LogP contribution in [-0.2, 0) is 12.8 Å². The Kier molecular flexibility index (Phi) is 4.88. The van der Waals surface area contributed by atoms with Crippen LogP contribution < -0.4 is 22.3 Å². The topological polar surface area (TPSA) is 102 Å². The summed E-state index contributed by atoms with van der Waals surface area (Å²) in [7, 11) is 0. The largest absolute Gasteiger partial charge is 0.393 e. The van der Waals surface area contributed by atoms with Crippen molar-refractivity contribution in [2.24, 2.45) is 5.84 Å². The first kappa shape index (κ1) is 15.9. The van der Waals surface area contributed by atoms with Crippen molar-refractivity contribution in [1.82, 2.24) is 9.97 Å². The number of benzene rings is 1. The van der Waals surface area contributed by atoms with Crippen molar-refractivity contribution in [3.63, 3.8) is 0 Å². The Bertz CT molecular complexity index is 665. The van der Waals surface area contributed by atoms with E-state index in [4.69, 9.17) is 11.6 Å². The molecule has 1 aliphatic carbocycles. The highest BCUT2D eigenvalue weighted by molar-refractivity contribution is 7.99. The Morgan fingerprint density at radius 2 is 1.83 bits per heavy atom. The predicted octanol–water partition coefficient (Wildman–Crippen LogP) is 2.43. The van der Waals surface area contributed by atoms with Crippen molar-refractivity contribution >= 4 is 29.1 Å². The average molecular weight is 330 g/mol. The number of hydrogen-bond donors (Lipinski definition) is 4. The van der Waals surface area contributed by atoms with E-state index in [0.717, 1.165) is 25.0 Å². The second-order valence-electron chi connectivity index (χ2n) is 5.63. The second-order valence-corrected chi connectivity index (χ2v) is 6.69. The number of nitrogen functional groups attached to an aromatic ring is 2. The van der Waals surface area contributed by atoms with Gasteiger partial charge in [0.2, 0.25) is 0 Å². The number of hydrazine groups is 1. The van der Waals surface area contributed by atoms with E-state index in [1.165, 1.54) is 11.1 Å². The van der Waals surface area contributed by atoms with Crippen LogP contribution in [0.5, 0.6) is 0 Å². The standard InChI is InChI=1S/C16H22N6S/c1-2-7-23-16-20-14(13(17)15(21-16)22-18)19-12-8-10-5-3-4-6-11(10)9-12/h3-6,12H,2,7-9,17-18H2,1H3,(H2,19,20,21,22). The number of fused-ring (bicyclic) bond motifs is 1. The molecule has 122 valence electrons. The van der Waals surface area contributed by atoms with Gasteiger partial charge in [0.15, 0.2) is 16.8 Å². The van der Waals surface area contributed by atoms with E-state index in [0.29, 0.717) is 28.5 Å². The number of nitrogens with zero attached hydrogens (tertiary/aromatic N) is 2. The number of rotatable bonds is 6. The lowest BCUT2D eigenvalue weighted by Gasteiger charge is -2.17. The van der Waals surface area contributed by atoms with Gasteiger partial charge in [-0.3, -0.25) is 0 Å². The number of anilines is 3. The SMILES string of the molecule is CCCSc1nc(NN)c(N)c(NC2Cc3ccccc3C2)n1. The zero-order valence-corrected chi connectivity index (χ0v) is 14.0. The molecule has 0 radical (unpaired) electrons. The fourth-order valence-corrected chi connectivity index (χ4v) is 3.48. The molecule has 0 unspecified atom stereocenters. The molecule has 0 atom stereocenters. The minimum absolute atomic E-state index is 0.291. The molecule has 6 nitrogen and oxygen atoms in total. The Morgan fingerprint density at radius 1 is 1.17 bits per heavy atom. The van der Waals surface area contributed by atoms with Crippen molar-refractivity contribution in [3.05, 3.63) is 35.4 Å². The maximum Gasteiger partial charge on any atom is 0.191 e. The van der Waals surface area contributed by atoms with E-state index in [1.807, 2.05) is 0 Å². The highest BCUT2D eigenvalue weighted by Gasteiger charge is 2.23. The summed E-state index contributed by atoms with van der Waals surface area (Å²) in [5, 5.41) is 4.15. The number of hydrogen-bond acceptors (Lipinski definition) is 7. The summed E-state index contributed by atoms with van der Waals surface area (Å²) >= 11 is 1.60. The fourth-order valence-electron chi connectivity index (χ4n) is 2.78. The molecule has 2 aromatic rings. The van der Waals surface area contributed by atoms with Crippen LogP contribution in [0.1, 0.15) is 24.5 Å². The van der Waals surface area contributed by atoms with Gasteiger partial charge in [0.05, 0.1) is 0 Å². The monoisotopic (exact) mass is 330 g/mol.